The average Bonchev–Trinajstić information content (AvgIpc) is 4.49. The van der Waals surface area contributed by atoms with Crippen LogP contribution in [-0.2, 0) is 40.3 Å². The second-order valence-corrected chi connectivity index (χ2v) is 26.6. The Kier molecular flexibility index (Phi) is 32.1. The van der Waals surface area contributed by atoms with Gasteiger partial charge >= 0.3 is 6.18 Å². The molecule has 0 atom stereocenters. The predicted octanol–water partition coefficient (Wildman–Crippen LogP) is 17.0. The van der Waals surface area contributed by atoms with Crippen molar-refractivity contribution in [2.45, 2.75) is 210 Å². The summed E-state index contributed by atoms with van der Waals surface area (Å²) in [5, 5.41) is 22.8. The van der Waals surface area contributed by atoms with E-state index in [0.29, 0.717) is 24.3 Å². The van der Waals surface area contributed by atoms with Crippen LogP contribution in [0.3, 0.4) is 0 Å². The third kappa shape index (κ3) is 27.6. The molecule has 20 heteroatoms. The summed E-state index contributed by atoms with van der Waals surface area (Å²) in [5.74, 6) is 3.98. The molecule has 88 heavy (non-hydrogen) atoms. The van der Waals surface area contributed by atoms with Crippen LogP contribution in [0.2, 0.25) is 0 Å². The van der Waals surface area contributed by atoms with Crippen LogP contribution in [-0.4, -0.2) is 93.2 Å². The van der Waals surface area contributed by atoms with Gasteiger partial charge in [-0.2, -0.15) is 33.6 Å². The molecule has 0 unspecified atom stereocenters. The van der Waals surface area contributed by atoms with E-state index >= 15 is 0 Å². The zero-order valence-electron chi connectivity index (χ0n) is 58.0. The highest BCUT2D eigenvalue weighted by Gasteiger charge is 2.36. The Hall–Kier alpha value is -7.64. The molecular formula is C68H106F3N13O4. The number of nitrogens with zero attached hydrogens (tertiary/aromatic N) is 10. The third-order valence-electron chi connectivity index (χ3n) is 12.7. The third-order valence-corrected chi connectivity index (χ3v) is 12.7. The molecule has 3 N–H and O–H groups in total. The van der Waals surface area contributed by atoms with Crippen LogP contribution in [0.5, 0.6) is 23.4 Å². The molecule has 0 fully saturated rings. The van der Waals surface area contributed by atoms with E-state index in [1.165, 1.54) is 28.7 Å². The van der Waals surface area contributed by atoms with Crippen molar-refractivity contribution >= 4 is 0 Å². The van der Waals surface area contributed by atoms with Crippen molar-refractivity contribution < 1.29 is 32.1 Å². The first-order valence-corrected chi connectivity index (χ1v) is 29.7. The van der Waals surface area contributed by atoms with E-state index in [1.54, 1.807) is 66.2 Å². The highest BCUT2D eigenvalue weighted by Crippen LogP contribution is 2.34. The van der Waals surface area contributed by atoms with Crippen LogP contribution in [0.15, 0.2) is 104 Å². The van der Waals surface area contributed by atoms with Crippen LogP contribution in [0, 0.1) is 6.92 Å². The Bertz CT molecular complexity index is 3010. The quantitative estimate of drug-likeness (QED) is 0.130. The number of H-pyrrole nitrogens is 3. The molecule has 0 saturated carbocycles. The maximum Gasteiger partial charge on any atom is 0.433 e. The SMILES string of the molecule is CC(C)c1cn[nH]c1.CC(C)c1cn[nH]c1C(F)(F)F.CCOc1ncccc1C(C)(C)C.COc1cccnc1C(C)(C)C.COc1ncccc1C(C)(C)C.COc1nccnc1C(C)(C)C.Cc1[nH]ncc1C(C)C.Cn1nccc1C(C)(C)C. The van der Waals surface area contributed by atoms with E-state index in [-0.39, 0.29) is 38.6 Å². The fourth-order valence-electron chi connectivity index (χ4n) is 8.03. The summed E-state index contributed by atoms with van der Waals surface area (Å²) >= 11 is 0. The second-order valence-electron chi connectivity index (χ2n) is 26.6. The summed E-state index contributed by atoms with van der Waals surface area (Å²) in [5.41, 5.74) is 9.16. The van der Waals surface area contributed by atoms with Crippen molar-refractivity contribution in [3.8, 4) is 23.4 Å². The molecule has 0 amide bonds. The number of ether oxygens (including phenoxy) is 4. The summed E-state index contributed by atoms with van der Waals surface area (Å²) < 4.78 is 59.3. The van der Waals surface area contributed by atoms with Crippen molar-refractivity contribution in [3.05, 3.63) is 161 Å². The Balaban J connectivity index is 0.000000505. The van der Waals surface area contributed by atoms with Gasteiger partial charge in [0.2, 0.25) is 17.6 Å². The monoisotopic (exact) mass is 1230 g/mol. The summed E-state index contributed by atoms with van der Waals surface area (Å²) in [6.07, 6.45) is 13.0. The predicted molar refractivity (Wildman–Crippen MR) is 350 cm³/mol. The van der Waals surface area contributed by atoms with Crippen molar-refractivity contribution in [2.75, 3.05) is 27.9 Å². The standard InChI is InChI=1S/C11H17NO.2C10H15NO.C9H14N2O.C8H14N2.C7H9F3N2.C7H12N2.C6H10N2/c1-5-13-10-9(11(2,3)4)7-6-8-12-10;1-10(2,3)9-8(12-4)6-5-7-11-9;1-10(2,3)8-6-5-7-11-9(8)12-4;1-9(2,3)7-8(12-4)11-6-5-10-7;1-8(2,3)7-5-6-9-10(7)4;1-4(2)5-3-11-12-6(5)7(8,9)10;1-5(2)7-4-8-9-6(7)3;1-5(2)6-3-7-8-4-6/h6-8H,5H2,1-4H3;2*5-7H,1-4H3;5-6H,1-4H3;5-6H,1-4H3;3-4H,1-2H3,(H,11,12);4-5H,1-3H3,(H,8,9);3-5H,1-2H3,(H,7,8). The van der Waals surface area contributed by atoms with Gasteiger partial charge in [-0.15, -0.1) is 0 Å². The van der Waals surface area contributed by atoms with Crippen LogP contribution < -0.4 is 18.9 Å². The lowest BCUT2D eigenvalue weighted by atomic mass is 9.88. The highest BCUT2D eigenvalue weighted by molar-refractivity contribution is 5.34. The Morgan fingerprint density at radius 3 is 1.31 bits per heavy atom. The van der Waals surface area contributed by atoms with E-state index in [4.69, 9.17) is 18.9 Å². The first-order chi connectivity index (χ1) is 40.7. The minimum absolute atomic E-state index is 0.0143. The average molecular weight is 1230 g/mol. The Morgan fingerprint density at radius 2 is 0.977 bits per heavy atom. The van der Waals surface area contributed by atoms with E-state index < -0.39 is 11.9 Å². The number of hydrogen-bond donors (Lipinski definition) is 3. The number of methoxy groups -OCH3 is 3. The maximum atomic E-state index is 12.2. The fourth-order valence-corrected chi connectivity index (χ4v) is 8.03. The fraction of sp³-hybridized carbons (Fsp3) is 0.544. The lowest BCUT2D eigenvalue weighted by molar-refractivity contribution is -0.141. The second kappa shape index (κ2) is 36.0. The molecule has 8 rings (SSSR count). The molecule has 8 heterocycles. The molecule has 0 spiro atoms. The number of nitrogens with one attached hydrogen (secondary N) is 3. The summed E-state index contributed by atoms with van der Waals surface area (Å²) in [7, 11) is 6.91. The number of hydrogen-bond acceptors (Lipinski definition) is 13. The number of halogens is 3. The molecule has 0 aromatic carbocycles. The van der Waals surface area contributed by atoms with E-state index in [2.05, 4.69) is 199 Å². The van der Waals surface area contributed by atoms with Gasteiger partial charge in [-0.25, -0.2) is 15.0 Å². The lowest BCUT2D eigenvalue weighted by Gasteiger charge is -2.21. The summed E-state index contributed by atoms with van der Waals surface area (Å²) in [6, 6.07) is 13.9. The van der Waals surface area contributed by atoms with Crippen molar-refractivity contribution in [3.63, 3.8) is 0 Å². The van der Waals surface area contributed by atoms with Crippen molar-refractivity contribution in [2.24, 2.45) is 7.05 Å². The van der Waals surface area contributed by atoms with Gasteiger partial charge < -0.3 is 18.9 Å². The Morgan fingerprint density at radius 1 is 0.500 bits per heavy atom. The minimum Gasteiger partial charge on any atom is -0.495 e. The molecule has 488 valence electrons. The van der Waals surface area contributed by atoms with Gasteiger partial charge in [0.25, 0.3) is 0 Å². The van der Waals surface area contributed by atoms with Gasteiger partial charge in [0, 0.05) is 94.7 Å². The van der Waals surface area contributed by atoms with Gasteiger partial charge in [-0.1, -0.05) is 158 Å². The van der Waals surface area contributed by atoms with Crippen LogP contribution in [0.25, 0.3) is 0 Å². The number of aromatic amines is 3. The number of rotatable bonds is 8. The summed E-state index contributed by atoms with van der Waals surface area (Å²) in [6.45, 7) is 48.8. The molecule has 8 aromatic rings. The first-order valence-electron chi connectivity index (χ1n) is 29.7. The van der Waals surface area contributed by atoms with Crippen LogP contribution in [0.1, 0.15) is 226 Å². The molecule has 0 bridgehead atoms. The maximum absolute atomic E-state index is 12.2. The zero-order chi connectivity index (χ0) is 67.4. The van der Waals surface area contributed by atoms with Crippen LogP contribution in [0.4, 0.5) is 13.2 Å². The van der Waals surface area contributed by atoms with Gasteiger partial charge in [-0.05, 0) is 83.9 Å². The van der Waals surface area contributed by atoms with E-state index in [9.17, 15) is 13.2 Å². The lowest BCUT2D eigenvalue weighted by Crippen LogP contribution is -2.16. The van der Waals surface area contributed by atoms with Crippen molar-refractivity contribution in [1.82, 2.24) is 65.3 Å². The molecule has 0 aliphatic carbocycles. The molecule has 0 radical (unpaired) electrons. The summed E-state index contributed by atoms with van der Waals surface area (Å²) in [4.78, 5) is 21.0. The molecular weight excluding hydrogens is 1120 g/mol. The molecule has 0 aliphatic rings. The molecule has 8 aromatic heterocycles. The minimum atomic E-state index is -4.32. The van der Waals surface area contributed by atoms with Gasteiger partial charge in [0.05, 0.1) is 52.2 Å². The molecule has 17 nitrogen and oxygen atoms in total. The van der Waals surface area contributed by atoms with E-state index in [1.807, 2.05) is 85.8 Å². The molecule has 0 saturated heterocycles. The van der Waals surface area contributed by atoms with Crippen molar-refractivity contribution in [1.29, 1.82) is 0 Å². The highest BCUT2D eigenvalue weighted by atomic mass is 19.4. The van der Waals surface area contributed by atoms with Gasteiger partial charge in [-0.3, -0.25) is 29.9 Å². The zero-order valence-corrected chi connectivity index (χ0v) is 58.0. The number of aromatic nitrogens is 13. The molecule has 0 aliphatic heterocycles. The van der Waals surface area contributed by atoms with Gasteiger partial charge in [0.15, 0.2) is 0 Å². The smallest absolute Gasteiger partial charge is 0.433 e. The van der Waals surface area contributed by atoms with Crippen LogP contribution >= 0.6 is 0 Å². The number of aryl methyl sites for hydroxylation is 2. The first kappa shape index (κ1) is 78.4. The van der Waals surface area contributed by atoms with Gasteiger partial charge in [0.1, 0.15) is 17.1 Å². The topological polar surface area (TPSA) is 205 Å². The van der Waals surface area contributed by atoms with E-state index in [0.717, 1.165) is 40.0 Å². The largest absolute Gasteiger partial charge is 0.495 e. The number of alkyl halides is 3. The Labute approximate surface area is 524 Å². The number of pyridine rings is 3. The normalized spacial score (nSPS) is 11.4.